The molecule has 4 nitrogen and oxygen atoms in total. The van der Waals surface area contributed by atoms with Gasteiger partial charge in [-0.25, -0.2) is 0 Å². The zero-order chi connectivity index (χ0) is 18.6. The van der Waals surface area contributed by atoms with Gasteiger partial charge < -0.3 is 9.72 Å². The number of hydrogen-bond acceptors (Lipinski definition) is 2. The number of fused-ring (bicyclic) bond motifs is 1. The van der Waals surface area contributed by atoms with Gasteiger partial charge in [-0.3, -0.25) is 5.10 Å². The van der Waals surface area contributed by atoms with Gasteiger partial charge in [-0.15, -0.1) is 0 Å². The van der Waals surface area contributed by atoms with Gasteiger partial charge in [0.25, 0.3) is 0 Å². The molecular weight excluding hydrogens is 402 g/mol. The molecule has 0 fully saturated rings. The Morgan fingerprint density at radius 1 is 0.963 bits per heavy atom. The molecule has 0 spiro atoms. The number of nitrogens with zero attached hydrogens (tertiary/aromatic N) is 1. The van der Waals surface area contributed by atoms with Gasteiger partial charge in [0.15, 0.2) is 0 Å². The van der Waals surface area contributed by atoms with E-state index in [-0.39, 0.29) is 0 Å². The molecule has 4 aromatic rings. The van der Waals surface area contributed by atoms with Crippen LogP contribution in [0.2, 0.25) is 0 Å². The molecule has 2 aromatic heterocycles. The van der Waals surface area contributed by atoms with E-state index in [2.05, 4.69) is 61.5 Å². The number of nitrogens with one attached hydrogen (secondary N) is 2. The summed E-state index contributed by atoms with van der Waals surface area (Å²) >= 11 is 3.55. The summed E-state index contributed by atoms with van der Waals surface area (Å²) in [4.78, 5) is 3.23. The van der Waals surface area contributed by atoms with E-state index in [4.69, 9.17) is 4.74 Å². The van der Waals surface area contributed by atoms with Gasteiger partial charge in [-0.2, -0.15) is 5.10 Å². The second kappa shape index (κ2) is 7.68. The first-order valence-electron chi connectivity index (χ1n) is 8.53. The summed E-state index contributed by atoms with van der Waals surface area (Å²) in [5.41, 5.74) is 5.12. The highest BCUT2D eigenvalue weighted by molar-refractivity contribution is 9.10. The fraction of sp³-hybridized carbons (Fsp3) is 0.0455. The van der Waals surface area contributed by atoms with E-state index in [0.29, 0.717) is 0 Å². The minimum atomic E-state index is 0.822. The lowest BCUT2D eigenvalue weighted by Crippen LogP contribution is -1.84. The Kier molecular flexibility index (Phi) is 4.94. The van der Waals surface area contributed by atoms with Crippen LogP contribution in [0.5, 0.6) is 5.75 Å². The summed E-state index contributed by atoms with van der Waals surface area (Å²) in [5.74, 6) is 0.822. The van der Waals surface area contributed by atoms with Crippen LogP contribution in [0.1, 0.15) is 22.5 Å². The van der Waals surface area contributed by atoms with E-state index in [1.807, 2.05) is 48.7 Å². The summed E-state index contributed by atoms with van der Waals surface area (Å²) in [6.45, 7) is 0. The lowest BCUT2D eigenvalue weighted by atomic mass is 10.1. The second-order valence-corrected chi connectivity index (χ2v) is 6.98. The maximum atomic E-state index is 5.27. The normalized spacial score (nSPS) is 11.8. The third-order valence-corrected chi connectivity index (χ3v) is 5.01. The van der Waals surface area contributed by atoms with Crippen molar-refractivity contribution in [2.24, 2.45) is 0 Å². The van der Waals surface area contributed by atoms with Crippen molar-refractivity contribution in [3.63, 3.8) is 0 Å². The smallest absolute Gasteiger partial charge is 0.119 e. The van der Waals surface area contributed by atoms with Crippen LogP contribution in [0.3, 0.4) is 0 Å². The third kappa shape index (κ3) is 4.04. The highest BCUT2D eigenvalue weighted by Gasteiger charge is 2.00. The number of methoxy groups -OCH3 is 1. The number of aromatic nitrogens is 3. The minimum absolute atomic E-state index is 0.822. The number of halogens is 1. The molecule has 0 saturated heterocycles. The first kappa shape index (κ1) is 17.4. The van der Waals surface area contributed by atoms with Crippen LogP contribution >= 0.6 is 15.9 Å². The quantitative estimate of drug-likeness (QED) is 0.416. The van der Waals surface area contributed by atoms with E-state index in [1.165, 1.54) is 5.39 Å². The van der Waals surface area contributed by atoms with Crippen molar-refractivity contribution in [2.75, 3.05) is 7.11 Å². The van der Waals surface area contributed by atoms with E-state index in [0.717, 1.165) is 38.3 Å². The zero-order valence-electron chi connectivity index (χ0n) is 14.7. The Balaban J connectivity index is 1.49. The number of hydrogen-bond donors (Lipinski definition) is 2. The average Bonchev–Trinajstić information content (AvgIpc) is 3.34. The van der Waals surface area contributed by atoms with Crippen LogP contribution < -0.4 is 4.74 Å². The number of benzene rings is 2. The van der Waals surface area contributed by atoms with Gasteiger partial charge in [0.05, 0.1) is 18.5 Å². The Bertz CT molecular complexity index is 1140. The van der Waals surface area contributed by atoms with Crippen molar-refractivity contribution in [2.45, 2.75) is 0 Å². The van der Waals surface area contributed by atoms with E-state index < -0.39 is 0 Å². The monoisotopic (exact) mass is 419 g/mol. The lowest BCUT2D eigenvalue weighted by Gasteiger charge is -2.02. The standard InChI is InChI=1S/C22H18BrN3O/c1-27-20-8-9-21(23)17(13-20)5-7-19-14-18(25-26-19)6-3-15-2-4-16-10-11-24-22(16)12-15/h2-14,24H,1H3,(H,25,26)/b6-3+,7-5+. The van der Waals surface area contributed by atoms with Gasteiger partial charge >= 0.3 is 0 Å². The summed E-state index contributed by atoms with van der Waals surface area (Å²) < 4.78 is 6.28. The molecule has 5 heteroatoms. The average molecular weight is 420 g/mol. The molecule has 134 valence electrons. The maximum absolute atomic E-state index is 5.27. The molecular formula is C22H18BrN3O. The van der Waals surface area contributed by atoms with Crippen molar-refractivity contribution >= 4 is 51.1 Å². The predicted molar refractivity (Wildman–Crippen MR) is 115 cm³/mol. The first-order valence-corrected chi connectivity index (χ1v) is 9.33. The lowest BCUT2D eigenvalue weighted by molar-refractivity contribution is 0.414. The molecule has 27 heavy (non-hydrogen) atoms. The van der Waals surface area contributed by atoms with Crippen LogP contribution in [-0.4, -0.2) is 22.3 Å². The number of ether oxygens (including phenoxy) is 1. The van der Waals surface area contributed by atoms with Gasteiger partial charge in [-0.1, -0.05) is 40.2 Å². The fourth-order valence-electron chi connectivity index (χ4n) is 2.83. The van der Waals surface area contributed by atoms with Crippen molar-refractivity contribution in [3.8, 4) is 5.75 Å². The summed E-state index contributed by atoms with van der Waals surface area (Å²) in [7, 11) is 1.66. The molecule has 2 N–H and O–H groups in total. The molecule has 0 unspecified atom stereocenters. The SMILES string of the molecule is COc1ccc(Br)c(/C=C/c2cc(/C=C/c3ccc4cc[nH]c4c3)[nH]n2)c1. The molecule has 0 atom stereocenters. The highest BCUT2D eigenvalue weighted by atomic mass is 79.9. The molecule has 2 heterocycles. The minimum Gasteiger partial charge on any atom is -0.497 e. The topological polar surface area (TPSA) is 53.7 Å². The van der Waals surface area contributed by atoms with Crippen LogP contribution in [0.4, 0.5) is 0 Å². The van der Waals surface area contributed by atoms with Gasteiger partial charge in [-0.05, 0) is 65.1 Å². The van der Waals surface area contributed by atoms with E-state index in [1.54, 1.807) is 7.11 Å². The summed E-state index contributed by atoms with van der Waals surface area (Å²) in [6, 6.07) is 16.3. The molecule has 2 aromatic carbocycles. The van der Waals surface area contributed by atoms with Crippen LogP contribution in [0.15, 0.2) is 59.2 Å². The molecule has 4 rings (SSSR count). The van der Waals surface area contributed by atoms with Crippen molar-refractivity contribution in [1.29, 1.82) is 0 Å². The Morgan fingerprint density at radius 3 is 2.78 bits per heavy atom. The molecule has 0 radical (unpaired) electrons. The number of H-pyrrole nitrogens is 2. The first-order chi connectivity index (χ1) is 13.2. The molecule has 0 aliphatic heterocycles. The Morgan fingerprint density at radius 2 is 1.89 bits per heavy atom. The van der Waals surface area contributed by atoms with Crippen LogP contribution in [0, 0.1) is 0 Å². The van der Waals surface area contributed by atoms with Crippen molar-refractivity contribution in [1.82, 2.24) is 15.2 Å². The van der Waals surface area contributed by atoms with Gasteiger partial charge in [0.2, 0.25) is 0 Å². The highest BCUT2D eigenvalue weighted by Crippen LogP contribution is 2.24. The van der Waals surface area contributed by atoms with Gasteiger partial charge in [0, 0.05) is 16.2 Å². The van der Waals surface area contributed by atoms with Crippen molar-refractivity contribution < 1.29 is 4.74 Å². The van der Waals surface area contributed by atoms with Gasteiger partial charge in [0.1, 0.15) is 5.75 Å². The van der Waals surface area contributed by atoms with Crippen molar-refractivity contribution in [3.05, 3.63) is 81.7 Å². The summed E-state index contributed by atoms with van der Waals surface area (Å²) in [5, 5.41) is 8.60. The molecule has 0 aliphatic rings. The van der Waals surface area contributed by atoms with E-state index in [9.17, 15) is 0 Å². The zero-order valence-corrected chi connectivity index (χ0v) is 16.3. The molecule has 0 bridgehead atoms. The predicted octanol–water partition coefficient (Wildman–Crippen LogP) is 6.00. The Hall–Kier alpha value is -3.05. The number of aromatic amines is 2. The fourth-order valence-corrected chi connectivity index (χ4v) is 3.21. The second-order valence-electron chi connectivity index (χ2n) is 6.13. The molecule has 0 amide bonds. The Labute approximate surface area is 165 Å². The maximum Gasteiger partial charge on any atom is 0.119 e. The number of rotatable bonds is 5. The van der Waals surface area contributed by atoms with Crippen LogP contribution in [0.25, 0.3) is 35.2 Å². The summed E-state index contributed by atoms with van der Waals surface area (Å²) in [6.07, 6.45) is 10.0. The van der Waals surface area contributed by atoms with Crippen LogP contribution in [-0.2, 0) is 0 Å². The molecule has 0 saturated carbocycles. The third-order valence-electron chi connectivity index (χ3n) is 4.29. The van der Waals surface area contributed by atoms with E-state index >= 15 is 0 Å². The largest absolute Gasteiger partial charge is 0.497 e. The molecule has 0 aliphatic carbocycles.